The zero-order valence-electron chi connectivity index (χ0n) is 17.6. The van der Waals surface area contributed by atoms with Crippen molar-refractivity contribution in [2.75, 3.05) is 32.7 Å². The molecular weight excluding hydrogens is 346 g/mol. The number of nitrogens with zero attached hydrogens (tertiary/aromatic N) is 2. The highest BCUT2D eigenvalue weighted by Crippen LogP contribution is 2.27. The fourth-order valence-corrected chi connectivity index (χ4v) is 5.14. The van der Waals surface area contributed by atoms with Gasteiger partial charge in [-0.1, -0.05) is 38.2 Å². The van der Waals surface area contributed by atoms with Gasteiger partial charge in [-0.3, -0.25) is 9.69 Å². The molecule has 2 aromatic rings. The number of nitrogens with one attached hydrogen (secondary N) is 1. The topological polar surface area (TPSA) is 39.3 Å². The second kappa shape index (κ2) is 8.69. The van der Waals surface area contributed by atoms with Crippen molar-refractivity contribution in [1.82, 2.24) is 14.8 Å². The minimum atomic E-state index is 0.148. The number of H-pyrrole nitrogens is 1. The molecule has 28 heavy (non-hydrogen) atoms. The fourth-order valence-electron chi connectivity index (χ4n) is 5.14. The summed E-state index contributed by atoms with van der Waals surface area (Å²) in [6.07, 6.45) is 9.95. The molecule has 0 radical (unpaired) electrons. The van der Waals surface area contributed by atoms with E-state index >= 15 is 0 Å². The van der Waals surface area contributed by atoms with Crippen molar-refractivity contribution in [2.45, 2.75) is 58.8 Å². The van der Waals surface area contributed by atoms with Crippen LogP contribution in [0.5, 0.6) is 0 Å². The molecule has 2 aliphatic rings. The molecule has 1 amide bonds. The van der Waals surface area contributed by atoms with E-state index in [1.807, 2.05) is 11.0 Å². The van der Waals surface area contributed by atoms with Crippen LogP contribution in [0.15, 0.2) is 18.2 Å². The molecule has 2 heterocycles. The molecule has 4 heteroatoms. The average Bonchev–Trinajstić information content (AvgIpc) is 3.13. The lowest BCUT2D eigenvalue weighted by Crippen LogP contribution is -2.48. The van der Waals surface area contributed by atoms with Crippen molar-refractivity contribution in [3.63, 3.8) is 0 Å². The Balaban J connectivity index is 1.27. The molecule has 4 rings (SSSR count). The monoisotopic (exact) mass is 381 g/mol. The number of benzene rings is 1. The molecule has 0 atom stereocenters. The summed E-state index contributed by atoms with van der Waals surface area (Å²) in [4.78, 5) is 20.9. The Labute approximate surface area is 169 Å². The average molecular weight is 382 g/mol. The number of fused-ring (bicyclic) bond motifs is 1. The quantitative estimate of drug-likeness (QED) is 0.800. The van der Waals surface area contributed by atoms with Crippen LogP contribution < -0.4 is 0 Å². The molecule has 1 aliphatic heterocycles. The van der Waals surface area contributed by atoms with E-state index in [2.05, 4.69) is 35.9 Å². The first kappa shape index (κ1) is 19.5. The van der Waals surface area contributed by atoms with Crippen molar-refractivity contribution in [1.29, 1.82) is 0 Å². The van der Waals surface area contributed by atoms with Crippen molar-refractivity contribution in [3.05, 3.63) is 35.0 Å². The summed E-state index contributed by atoms with van der Waals surface area (Å²) in [6.45, 7) is 9.12. The predicted octanol–water partition coefficient (Wildman–Crippen LogP) is 4.90. The first-order chi connectivity index (χ1) is 13.6. The van der Waals surface area contributed by atoms with Crippen molar-refractivity contribution >= 4 is 16.8 Å². The second-order valence-electron chi connectivity index (χ2n) is 9.01. The van der Waals surface area contributed by atoms with Crippen LogP contribution in [0.1, 0.15) is 66.6 Å². The molecule has 0 bridgehead atoms. The van der Waals surface area contributed by atoms with Crippen LogP contribution in [0.3, 0.4) is 0 Å². The minimum Gasteiger partial charge on any atom is -0.351 e. The number of carbonyl (C=O) groups is 1. The molecule has 1 saturated carbocycles. The summed E-state index contributed by atoms with van der Waals surface area (Å²) in [5, 5.41) is 1.16. The maximum Gasteiger partial charge on any atom is 0.270 e. The van der Waals surface area contributed by atoms with Gasteiger partial charge >= 0.3 is 0 Å². The van der Waals surface area contributed by atoms with Crippen molar-refractivity contribution in [2.24, 2.45) is 5.92 Å². The summed E-state index contributed by atoms with van der Waals surface area (Å²) in [5.74, 6) is 1.13. The molecular formula is C24H35N3O. The Morgan fingerprint density at radius 3 is 2.54 bits per heavy atom. The summed E-state index contributed by atoms with van der Waals surface area (Å²) < 4.78 is 0. The number of hydrogen-bond acceptors (Lipinski definition) is 2. The standard InChI is InChI=1S/C24H35N3O/c1-18-15-19(2)21-17-23(25-22(21)16-18)24(28)27-13-11-26(12-14-27)10-6-9-20-7-4-3-5-8-20/h15-17,20,25H,3-14H2,1-2H3. The summed E-state index contributed by atoms with van der Waals surface area (Å²) >= 11 is 0. The highest BCUT2D eigenvalue weighted by atomic mass is 16.2. The zero-order chi connectivity index (χ0) is 19.5. The van der Waals surface area contributed by atoms with Gasteiger partial charge in [0.05, 0.1) is 0 Å². The summed E-state index contributed by atoms with van der Waals surface area (Å²) in [7, 11) is 0. The molecule has 152 valence electrons. The van der Waals surface area contributed by atoms with Gasteiger partial charge < -0.3 is 9.88 Å². The number of aromatic amines is 1. The van der Waals surface area contributed by atoms with Gasteiger partial charge in [0.2, 0.25) is 0 Å². The van der Waals surface area contributed by atoms with Crippen LogP contribution in [-0.4, -0.2) is 53.4 Å². The third-order valence-corrected chi connectivity index (χ3v) is 6.79. The first-order valence-electron chi connectivity index (χ1n) is 11.2. The number of aromatic nitrogens is 1. The van der Waals surface area contributed by atoms with Gasteiger partial charge in [-0.2, -0.15) is 0 Å². The van der Waals surface area contributed by atoms with Gasteiger partial charge in [0.15, 0.2) is 0 Å². The van der Waals surface area contributed by atoms with E-state index in [9.17, 15) is 4.79 Å². The van der Waals surface area contributed by atoms with E-state index in [1.54, 1.807) is 0 Å². The number of amides is 1. The third kappa shape index (κ3) is 4.43. The van der Waals surface area contributed by atoms with Crippen LogP contribution in [0.4, 0.5) is 0 Å². The molecule has 0 unspecified atom stereocenters. The normalized spacial score (nSPS) is 19.4. The van der Waals surface area contributed by atoms with Crippen molar-refractivity contribution in [3.8, 4) is 0 Å². The third-order valence-electron chi connectivity index (χ3n) is 6.79. The lowest BCUT2D eigenvalue weighted by Gasteiger charge is -2.35. The molecule has 0 spiro atoms. The van der Waals surface area contributed by atoms with E-state index in [4.69, 9.17) is 0 Å². The maximum absolute atomic E-state index is 13.0. The SMILES string of the molecule is Cc1cc(C)c2cc(C(=O)N3CCN(CCCC4CCCCC4)CC3)[nH]c2c1. The molecule has 2 fully saturated rings. The van der Waals surface area contributed by atoms with E-state index < -0.39 is 0 Å². The lowest BCUT2D eigenvalue weighted by molar-refractivity contribution is 0.0628. The Bertz CT molecular complexity index is 811. The summed E-state index contributed by atoms with van der Waals surface area (Å²) in [6, 6.07) is 6.34. The fraction of sp³-hybridized carbons (Fsp3) is 0.625. The van der Waals surface area contributed by atoms with Crippen LogP contribution >= 0.6 is 0 Å². The number of hydrogen-bond donors (Lipinski definition) is 1. The molecule has 1 aromatic heterocycles. The number of aryl methyl sites for hydroxylation is 2. The van der Waals surface area contributed by atoms with Crippen LogP contribution in [0.2, 0.25) is 0 Å². The first-order valence-corrected chi connectivity index (χ1v) is 11.2. The number of piperazine rings is 1. The smallest absolute Gasteiger partial charge is 0.270 e. The van der Waals surface area contributed by atoms with Gasteiger partial charge in [-0.25, -0.2) is 0 Å². The van der Waals surface area contributed by atoms with E-state index in [1.165, 1.54) is 62.6 Å². The molecule has 1 aliphatic carbocycles. The van der Waals surface area contributed by atoms with Crippen LogP contribution in [0.25, 0.3) is 10.9 Å². The van der Waals surface area contributed by atoms with Crippen molar-refractivity contribution < 1.29 is 4.79 Å². The zero-order valence-corrected chi connectivity index (χ0v) is 17.6. The number of rotatable bonds is 5. The van der Waals surface area contributed by atoms with E-state index in [0.717, 1.165) is 48.7 Å². The van der Waals surface area contributed by atoms with Gasteiger partial charge in [0, 0.05) is 37.1 Å². The minimum absolute atomic E-state index is 0.148. The number of carbonyl (C=O) groups excluding carboxylic acids is 1. The van der Waals surface area contributed by atoms with Gasteiger partial charge in [0.25, 0.3) is 5.91 Å². The highest BCUT2D eigenvalue weighted by molar-refractivity contribution is 5.99. The molecule has 1 saturated heterocycles. The van der Waals surface area contributed by atoms with E-state index in [-0.39, 0.29) is 5.91 Å². The highest BCUT2D eigenvalue weighted by Gasteiger charge is 2.23. The van der Waals surface area contributed by atoms with Gasteiger partial charge in [0.1, 0.15) is 5.69 Å². The molecule has 1 aromatic carbocycles. The Morgan fingerprint density at radius 1 is 1.04 bits per heavy atom. The largest absolute Gasteiger partial charge is 0.351 e. The van der Waals surface area contributed by atoms with Crippen LogP contribution in [0, 0.1) is 19.8 Å². The maximum atomic E-state index is 13.0. The lowest BCUT2D eigenvalue weighted by atomic mass is 9.86. The predicted molar refractivity (Wildman–Crippen MR) is 116 cm³/mol. The molecule has 1 N–H and O–H groups in total. The van der Waals surface area contributed by atoms with Gasteiger partial charge in [-0.15, -0.1) is 0 Å². The summed E-state index contributed by atoms with van der Waals surface area (Å²) in [5.41, 5.74) is 4.26. The molecule has 4 nitrogen and oxygen atoms in total. The second-order valence-corrected chi connectivity index (χ2v) is 9.01. The van der Waals surface area contributed by atoms with E-state index in [0.29, 0.717) is 0 Å². The Hall–Kier alpha value is -1.81. The Kier molecular flexibility index (Phi) is 6.05. The Morgan fingerprint density at radius 2 is 1.79 bits per heavy atom. The van der Waals surface area contributed by atoms with Crippen LogP contribution in [-0.2, 0) is 0 Å². The van der Waals surface area contributed by atoms with Gasteiger partial charge in [-0.05, 0) is 62.4 Å².